The number of hydrogen-bond acceptors (Lipinski definition) is 4. The van der Waals surface area contributed by atoms with Crippen molar-refractivity contribution < 1.29 is 0 Å². The van der Waals surface area contributed by atoms with Crippen molar-refractivity contribution in [1.82, 2.24) is 9.36 Å². The van der Waals surface area contributed by atoms with E-state index in [2.05, 4.69) is 44.0 Å². The van der Waals surface area contributed by atoms with Crippen molar-refractivity contribution in [3.63, 3.8) is 0 Å². The number of anilines is 1. The van der Waals surface area contributed by atoms with Gasteiger partial charge in [0, 0.05) is 35.4 Å². The fourth-order valence-corrected chi connectivity index (χ4v) is 3.10. The SMILES string of the molecule is CC(C)c1nsc(N(CCCBr)C2CCC2)n1. The summed E-state index contributed by atoms with van der Waals surface area (Å²) >= 11 is 5.07. The normalized spacial score (nSPS) is 16.2. The molecule has 1 aromatic rings. The summed E-state index contributed by atoms with van der Waals surface area (Å²) in [4.78, 5) is 7.15. The molecule has 1 fully saturated rings. The van der Waals surface area contributed by atoms with Gasteiger partial charge in [-0.25, -0.2) is 4.98 Å². The van der Waals surface area contributed by atoms with Gasteiger partial charge in [0.2, 0.25) is 5.13 Å². The van der Waals surface area contributed by atoms with Crippen LogP contribution in [0.1, 0.15) is 51.3 Å². The van der Waals surface area contributed by atoms with Crippen molar-refractivity contribution in [2.45, 2.75) is 51.5 Å². The van der Waals surface area contributed by atoms with E-state index in [1.807, 2.05) is 0 Å². The van der Waals surface area contributed by atoms with Gasteiger partial charge in [0.25, 0.3) is 0 Å². The van der Waals surface area contributed by atoms with Crippen LogP contribution in [0.4, 0.5) is 5.13 Å². The maximum Gasteiger partial charge on any atom is 0.205 e. The Morgan fingerprint density at radius 1 is 1.47 bits per heavy atom. The lowest BCUT2D eigenvalue weighted by Crippen LogP contribution is -2.41. The second-order valence-corrected chi connectivity index (χ2v) is 6.43. The minimum Gasteiger partial charge on any atom is -0.344 e. The molecule has 3 nitrogen and oxygen atoms in total. The molecule has 0 aliphatic heterocycles. The summed E-state index contributed by atoms with van der Waals surface area (Å²) in [6, 6.07) is 0.710. The predicted molar refractivity (Wildman–Crippen MR) is 77.4 cm³/mol. The van der Waals surface area contributed by atoms with E-state index in [0.717, 1.165) is 22.8 Å². The number of halogens is 1. The van der Waals surface area contributed by atoms with E-state index in [4.69, 9.17) is 0 Å². The van der Waals surface area contributed by atoms with E-state index in [1.54, 1.807) is 11.5 Å². The molecule has 1 aromatic heterocycles. The van der Waals surface area contributed by atoms with E-state index < -0.39 is 0 Å². The fraction of sp³-hybridized carbons (Fsp3) is 0.833. The van der Waals surface area contributed by atoms with Crippen molar-refractivity contribution in [2.75, 3.05) is 16.8 Å². The van der Waals surface area contributed by atoms with E-state index in [1.165, 1.54) is 25.7 Å². The van der Waals surface area contributed by atoms with Crippen LogP contribution in [-0.2, 0) is 0 Å². The third-order valence-electron chi connectivity index (χ3n) is 3.24. The van der Waals surface area contributed by atoms with E-state index in [9.17, 15) is 0 Å². The Morgan fingerprint density at radius 2 is 2.24 bits per heavy atom. The second-order valence-electron chi connectivity index (χ2n) is 4.91. The van der Waals surface area contributed by atoms with Crippen LogP contribution in [0.2, 0.25) is 0 Å². The molecule has 1 aliphatic rings. The largest absolute Gasteiger partial charge is 0.344 e. The zero-order chi connectivity index (χ0) is 12.3. The van der Waals surface area contributed by atoms with Gasteiger partial charge < -0.3 is 4.90 Å². The van der Waals surface area contributed by atoms with Gasteiger partial charge in [0.1, 0.15) is 5.82 Å². The zero-order valence-electron chi connectivity index (χ0n) is 10.5. The molecule has 0 amide bonds. The van der Waals surface area contributed by atoms with E-state index in [-0.39, 0.29) is 0 Å². The first-order valence-electron chi connectivity index (χ1n) is 6.38. The lowest BCUT2D eigenvalue weighted by molar-refractivity contribution is 0.385. The summed E-state index contributed by atoms with van der Waals surface area (Å²) in [5.74, 6) is 1.42. The fourth-order valence-electron chi connectivity index (χ4n) is 1.94. The highest BCUT2D eigenvalue weighted by Crippen LogP contribution is 2.31. The topological polar surface area (TPSA) is 29.0 Å². The van der Waals surface area contributed by atoms with Crippen molar-refractivity contribution in [1.29, 1.82) is 0 Å². The van der Waals surface area contributed by atoms with Gasteiger partial charge in [-0.3, -0.25) is 0 Å². The van der Waals surface area contributed by atoms with Gasteiger partial charge in [-0.15, -0.1) is 0 Å². The molecule has 96 valence electrons. The van der Waals surface area contributed by atoms with Gasteiger partial charge in [0.15, 0.2) is 0 Å². The van der Waals surface area contributed by atoms with Crippen LogP contribution in [0.3, 0.4) is 0 Å². The number of nitrogens with zero attached hydrogens (tertiary/aromatic N) is 3. The highest BCUT2D eigenvalue weighted by atomic mass is 79.9. The first-order valence-corrected chi connectivity index (χ1v) is 8.28. The number of hydrogen-bond donors (Lipinski definition) is 0. The van der Waals surface area contributed by atoms with Crippen molar-refractivity contribution >= 4 is 32.6 Å². The Morgan fingerprint density at radius 3 is 2.71 bits per heavy atom. The molecule has 17 heavy (non-hydrogen) atoms. The maximum absolute atomic E-state index is 4.68. The molecule has 0 N–H and O–H groups in total. The molecule has 0 spiro atoms. The summed E-state index contributed by atoms with van der Waals surface area (Å²) < 4.78 is 4.46. The average molecular weight is 318 g/mol. The zero-order valence-corrected chi connectivity index (χ0v) is 12.9. The molecule has 0 bridgehead atoms. The smallest absolute Gasteiger partial charge is 0.205 e. The number of alkyl halides is 1. The molecule has 0 radical (unpaired) electrons. The minimum atomic E-state index is 0.430. The lowest BCUT2D eigenvalue weighted by Gasteiger charge is -2.37. The average Bonchev–Trinajstić information content (AvgIpc) is 2.70. The van der Waals surface area contributed by atoms with Gasteiger partial charge in [-0.1, -0.05) is 29.8 Å². The van der Waals surface area contributed by atoms with Gasteiger partial charge in [-0.2, -0.15) is 4.37 Å². The van der Waals surface area contributed by atoms with Crippen LogP contribution >= 0.6 is 27.5 Å². The second kappa shape index (κ2) is 6.14. The molecule has 5 heteroatoms. The van der Waals surface area contributed by atoms with E-state index in [0.29, 0.717) is 12.0 Å². The van der Waals surface area contributed by atoms with Crippen molar-refractivity contribution in [3.05, 3.63) is 5.82 Å². The standard InChI is InChI=1S/C12H20BrN3S/c1-9(2)11-14-12(17-15-11)16(8-4-7-13)10-5-3-6-10/h9-10H,3-8H2,1-2H3. The third-order valence-corrected chi connectivity index (χ3v) is 4.57. The van der Waals surface area contributed by atoms with Crippen LogP contribution < -0.4 is 4.90 Å². The lowest BCUT2D eigenvalue weighted by atomic mass is 9.92. The Balaban J connectivity index is 2.07. The van der Waals surface area contributed by atoms with Gasteiger partial charge >= 0.3 is 0 Å². The van der Waals surface area contributed by atoms with E-state index >= 15 is 0 Å². The monoisotopic (exact) mass is 317 g/mol. The molecular weight excluding hydrogens is 298 g/mol. The van der Waals surface area contributed by atoms with Crippen LogP contribution in [0.15, 0.2) is 0 Å². The number of aromatic nitrogens is 2. The molecule has 1 aliphatic carbocycles. The molecule has 0 atom stereocenters. The summed E-state index contributed by atoms with van der Waals surface area (Å²) in [6.07, 6.45) is 5.18. The molecule has 0 aromatic carbocycles. The minimum absolute atomic E-state index is 0.430. The summed E-state index contributed by atoms with van der Waals surface area (Å²) in [6.45, 7) is 5.40. The first kappa shape index (κ1) is 13.3. The molecule has 0 saturated heterocycles. The molecule has 1 saturated carbocycles. The Labute approximate surface area is 116 Å². The van der Waals surface area contributed by atoms with Gasteiger partial charge in [-0.05, 0) is 25.7 Å². The highest BCUT2D eigenvalue weighted by molar-refractivity contribution is 9.09. The first-order chi connectivity index (χ1) is 8.22. The number of rotatable bonds is 6. The molecular formula is C12H20BrN3S. The molecule has 1 heterocycles. The maximum atomic E-state index is 4.68. The summed E-state index contributed by atoms with van der Waals surface area (Å²) in [5.41, 5.74) is 0. The van der Waals surface area contributed by atoms with Crippen LogP contribution in [0.25, 0.3) is 0 Å². The Hall–Kier alpha value is -0.160. The Kier molecular flexibility index (Phi) is 4.79. The van der Waals surface area contributed by atoms with Crippen molar-refractivity contribution in [2.24, 2.45) is 0 Å². The van der Waals surface area contributed by atoms with Crippen LogP contribution in [0, 0.1) is 0 Å². The van der Waals surface area contributed by atoms with Crippen LogP contribution in [0.5, 0.6) is 0 Å². The highest BCUT2D eigenvalue weighted by Gasteiger charge is 2.27. The Bertz CT molecular complexity index is 349. The summed E-state index contributed by atoms with van der Waals surface area (Å²) in [7, 11) is 0. The van der Waals surface area contributed by atoms with Gasteiger partial charge in [0.05, 0.1) is 0 Å². The quantitative estimate of drug-likeness (QED) is 0.747. The van der Waals surface area contributed by atoms with Crippen molar-refractivity contribution in [3.8, 4) is 0 Å². The van der Waals surface area contributed by atoms with Crippen LogP contribution in [-0.4, -0.2) is 27.3 Å². The summed E-state index contributed by atoms with van der Waals surface area (Å²) in [5, 5.41) is 2.19. The predicted octanol–water partition coefficient (Wildman–Crippen LogP) is 3.81. The molecule has 2 rings (SSSR count). The molecule has 0 unspecified atom stereocenters. The third kappa shape index (κ3) is 3.19.